The van der Waals surface area contributed by atoms with E-state index in [4.69, 9.17) is 0 Å². The number of H-pyrrole nitrogens is 1. The normalized spacial score (nSPS) is 11.6. The quantitative estimate of drug-likeness (QED) is 0.325. The maximum atomic E-state index is 4.49. The first kappa shape index (κ1) is 19.8. The van der Waals surface area contributed by atoms with Crippen LogP contribution in [0.25, 0.3) is 22.1 Å². The second-order valence-corrected chi connectivity index (χ2v) is 7.46. The fourth-order valence-corrected chi connectivity index (χ4v) is 3.58. The number of anilines is 2. The summed E-state index contributed by atoms with van der Waals surface area (Å²) < 4.78 is 0. The maximum absolute atomic E-state index is 4.49. The van der Waals surface area contributed by atoms with Crippen LogP contribution in [-0.2, 0) is 0 Å². The molecule has 154 valence electrons. The first-order valence-electron chi connectivity index (χ1n) is 10.4. The molecule has 0 aliphatic rings. The number of aryl methyl sites for hydroxylation is 1. The van der Waals surface area contributed by atoms with Gasteiger partial charge < -0.3 is 9.88 Å². The average Bonchev–Trinajstić information content (AvgIpc) is 3.11. The van der Waals surface area contributed by atoms with Crippen LogP contribution in [0.15, 0.2) is 47.6 Å². The summed E-state index contributed by atoms with van der Waals surface area (Å²) in [7, 11) is 0. The lowest BCUT2D eigenvalue weighted by molar-refractivity contribution is 0.745. The van der Waals surface area contributed by atoms with Crippen molar-refractivity contribution >= 4 is 39.9 Å². The molecule has 7 heteroatoms. The van der Waals surface area contributed by atoms with Gasteiger partial charge in [0.25, 0.3) is 5.95 Å². The van der Waals surface area contributed by atoms with Crippen molar-refractivity contribution in [2.24, 2.45) is 5.10 Å². The van der Waals surface area contributed by atoms with E-state index in [1.807, 2.05) is 6.07 Å². The minimum atomic E-state index is 0.357. The van der Waals surface area contributed by atoms with E-state index in [0.29, 0.717) is 11.6 Å². The molecule has 2 aromatic heterocycles. The topological polar surface area (TPSA) is 82.1 Å². The van der Waals surface area contributed by atoms with Gasteiger partial charge in [0.15, 0.2) is 5.65 Å². The molecule has 0 fully saturated rings. The molecule has 0 bridgehead atoms. The summed E-state index contributed by atoms with van der Waals surface area (Å²) in [4.78, 5) is 10.2. The zero-order valence-corrected chi connectivity index (χ0v) is 17.7. The molecule has 0 saturated heterocycles. The summed E-state index contributed by atoms with van der Waals surface area (Å²) in [5.41, 5.74) is 8.76. The Kier molecular flexibility index (Phi) is 5.88. The smallest absolute Gasteiger partial charge is 0.265 e. The van der Waals surface area contributed by atoms with Crippen LogP contribution in [0.4, 0.5) is 11.6 Å². The number of benzene rings is 2. The molecule has 0 saturated carbocycles. The molecule has 4 aromatic rings. The van der Waals surface area contributed by atoms with E-state index in [0.717, 1.165) is 47.9 Å². The third kappa shape index (κ3) is 4.25. The molecule has 2 aromatic carbocycles. The Hall–Kier alpha value is -3.48. The molecule has 30 heavy (non-hydrogen) atoms. The highest BCUT2D eigenvalue weighted by Crippen LogP contribution is 2.23. The van der Waals surface area contributed by atoms with Gasteiger partial charge >= 0.3 is 0 Å². The fraction of sp³-hybridized carbons (Fsp3) is 0.304. The lowest BCUT2D eigenvalue weighted by atomic mass is 10.2. The van der Waals surface area contributed by atoms with Gasteiger partial charge in [0, 0.05) is 29.7 Å². The van der Waals surface area contributed by atoms with Crippen molar-refractivity contribution in [1.82, 2.24) is 20.2 Å². The summed E-state index contributed by atoms with van der Waals surface area (Å²) in [6, 6.07) is 14.6. The Morgan fingerprint density at radius 1 is 1.03 bits per heavy atom. The standard InChI is InChI=1S/C23H27N7/c1-4-12-30(13-5-2)18-9-7-17(8-10-18)15-24-28-23-26-22-21(27-29-23)19-14-16(3)6-11-20(19)25-22/h6-11,14-15H,4-5,12-13H2,1-3H3,(H2,25,26,28,29). The number of aromatic nitrogens is 4. The summed E-state index contributed by atoms with van der Waals surface area (Å²) >= 11 is 0. The van der Waals surface area contributed by atoms with Crippen LogP contribution in [0.2, 0.25) is 0 Å². The summed E-state index contributed by atoms with van der Waals surface area (Å²) in [5.74, 6) is 0.357. The van der Waals surface area contributed by atoms with Gasteiger partial charge in [-0.3, -0.25) is 0 Å². The van der Waals surface area contributed by atoms with E-state index in [1.54, 1.807) is 6.21 Å². The molecule has 0 unspecified atom stereocenters. The first-order valence-corrected chi connectivity index (χ1v) is 10.4. The van der Waals surface area contributed by atoms with Crippen molar-refractivity contribution < 1.29 is 0 Å². The molecular weight excluding hydrogens is 374 g/mol. The van der Waals surface area contributed by atoms with Gasteiger partial charge in [-0.2, -0.15) is 10.1 Å². The molecule has 0 aliphatic heterocycles. The van der Waals surface area contributed by atoms with Gasteiger partial charge in [-0.05, 0) is 49.6 Å². The van der Waals surface area contributed by atoms with Crippen LogP contribution in [-0.4, -0.2) is 39.5 Å². The van der Waals surface area contributed by atoms with Gasteiger partial charge in [-0.1, -0.05) is 37.6 Å². The van der Waals surface area contributed by atoms with Crippen LogP contribution in [0, 0.1) is 6.92 Å². The highest BCUT2D eigenvalue weighted by atomic mass is 15.4. The highest BCUT2D eigenvalue weighted by Gasteiger charge is 2.09. The number of hydrogen-bond acceptors (Lipinski definition) is 6. The summed E-state index contributed by atoms with van der Waals surface area (Å²) in [6.07, 6.45) is 4.04. The number of fused-ring (bicyclic) bond motifs is 3. The Balaban J connectivity index is 1.46. The predicted octanol–water partition coefficient (Wildman–Crippen LogP) is 4.89. The molecule has 0 aliphatic carbocycles. The van der Waals surface area contributed by atoms with Gasteiger partial charge in [0.05, 0.1) is 6.21 Å². The summed E-state index contributed by atoms with van der Waals surface area (Å²) in [6.45, 7) is 8.62. The Bertz CT molecular complexity index is 1160. The molecule has 0 atom stereocenters. The molecule has 7 nitrogen and oxygen atoms in total. The molecule has 4 rings (SSSR count). The van der Waals surface area contributed by atoms with Crippen LogP contribution < -0.4 is 10.3 Å². The van der Waals surface area contributed by atoms with Crippen LogP contribution >= 0.6 is 0 Å². The number of hydrogen-bond donors (Lipinski definition) is 2. The SMILES string of the molecule is CCCN(CCC)c1ccc(C=NNc2nnc3c(n2)[nH]c2ccc(C)cc23)cc1. The van der Waals surface area contributed by atoms with Crippen LogP contribution in [0.5, 0.6) is 0 Å². The molecule has 0 radical (unpaired) electrons. The summed E-state index contributed by atoms with van der Waals surface area (Å²) in [5, 5.41) is 13.8. The number of hydrazone groups is 1. The zero-order valence-electron chi connectivity index (χ0n) is 17.7. The maximum Gasteiger partial charge on any atom is 0.265 e. The first-order chi connectivity index (χ1) is 14.7. The van der Waals surface area contributed by atoms with Crippen LogP contribution in [0.1, 0.15) is 37.8 Å². The molecule has 0 amide bonds. The van der Waals surface area contributed by atoms with Crippen molar-refractivity contribution in [2.75, 3.05) is 23.4 Å². The van der Waals surface area contributed by atoms with Crippen molar-refractivity contribution in [3.8, 4) is 0 Å². The highest BCUT2D eigenvalue weighted by molar-refractivity contribution is 6.03. The lowest BCUT2D eigenvalue weighted by Gasteiger charge is -2.23. The van der Waals surface area contributed by atoms with E-state index in [9.17, 15) is 0 Å². The van der Waals surface area contributed by atoms with Crippen LogP contribution in [0.3, 0.4) is 0 Å². The lowest BCUT2D eigenvalue weighted by Crippen LogP contribution is -2.24. The fourth-order valence-electron chi connectivity index (χ4n) is 3.58. The molecule has 2 heterocycles. The van der Waals surface area contributed by atoms with E-state index >= 15 is 0 Å². The van der Waals surface area contributed by atoms with Gasteiger partial charge in [0.2, 0.25) is 0 Å². The Morgan fingerprint density at radius 3 is 2.53 bits per heavy atom. The zero-order chi connectivity index (χ0) is 20.9. The number of nitrogens with one attached hydrogen (secondary N) is 2. The Labute approximate surface area is 176 Å². The predicted molar refractivity (Wildman–Crippen MR) is 124 cm³/mol. The second kappa shape index (κ2) is 8.90. The van der Waals surface area contributed by atoms with E-state index in [2.05, 4.69) is 92.8 Å². The Morgan fingerprint density at radius 2 is 1.80 bits per heavy atom. The minimum Gasteiger partial charge on any atom is -0.372 e. The number of rotatable bonds is 8. The van der Waals surface area contributed by atoms with E-state index in [-0.39, 0.29) is 0 Å². The number of nitrogens with zero attached hydrogens (tertiary/aromatic N) is 5. The number of aromatic amines is 1. The minimum absolute atomic E-state index is 0.357. The van der Waals surface area contributed by atoms with Gasteiger partial charge in [0.1, 0.15) is 5.52 Å². The third-order valence-electron chi connectivity index (χ3n) is 4.99. The van der Waals surface area contributed by atoms with Gasteiger partial charge in [-0.25, -0.2) is 5.43 Å². The van der Waals surface area contributed by atoms with Crippen molar-refractivity contribution in [2.45, 2.75) is 33.6 Å². The third-order valence-corrected chi connectivity index (χ3v) is 4.99. The molecular formula is C23H27N7. The second-order valence-electron chi connectivity index (χ2n) is 7.46. The van der Waals surface area contributed by atoms with E-state index < -0.39 is 0 Å². The monoisotopic (exact) mass is 401 g/mol. The largest absolute Gasteiger partial charge is 0.372 e. The van der Waals surface area contributed by atoms with Crippen molar-refractivity contribution in [3.05, 3.63) is 53.6 Å². The molecule has 0 spiro atoms. The van der Waals surface area contributed by atoms with Crippen molar-refractivity contribution in [1.29, 1.82) is 0 Å². The van der Waals surface area contributed by atoms with Crippen molar-refractivity contribution in [3.63, 3.8) is 0 Å². The molecule has 2 N–H and O–H groups in total. The van der Waals surface area contributed by atoms with E-state index in [1.165, 1.54) is 11.3 Å². The van der Waals surface area contributed by atoms with Gasteiger partial charge in [-0.15, -0.1) is 10.2 Å². The average molecular weight is 402 g/mol.